The van der Waals surface area contributed by atoms with Gasteiger partial charge in [0.05, 0.1) is 5.75 Å². The van der Waals surface area contributed by atoms with Crippen molar-refractivity contribution in [1.29, 1.82) is 0 Å². The van der Waals surface area contributed by atoms with Gasteiger partial charge in [-0.1, -0.05) is 6.04 Å². The molecule has 0 N–H and O–H groups in total. The van der Waals surface area contributed by atoms with Gasteiger partial charge in [0.15, 0.2) is 32.8 Å². The summed E-state index contributed by atoms with van der Waals surface area (Å²) in [6, 6.07) is 1.10. The molecule has 5 nitrogen and oxygen atoms in total. The zero-order valence-electron chi connectivity index (χ0n) is 15.8. The van der Waals surface area contributed by atoms with Crippen molar-refractivity contribution in [3.8, 4) is 0 Å². The Bertz CT molecular complexity index is 468. The third kappa shape index (κ3) is 6.05. The second kappa shape index (κ2) is 7.79. The van der Waals surface area contributed by atoms with Gasteiger partial charge in [-0.25, -0.2) is 8.42 Å². The van der Waals surface area contributed by atoms with Crippen LogP contribution in [0.1, 0.15) is 19.3 Å². The van der Waals surface area contributed by atoms with Gasteiger partial charge in [0.1, 0.15) is 0 Å². The van der Waals surface area contributed by atoms with Crippen molar-refractivity contribution >= 4 is 36.7 Å². The van der Waals surface area contributed by atoms with Crippen LogP contribution < -0.4 is 0 Å². The fraction of sp³-hybridized carbons (Fsp3) is 1.00. The first-order valence-corrected chi connectivity index (χ1v) is 18.4. The molecule has 1 aliphatic heterocycles. The topological polar surface area (TPSA) is 61.8 Å². The highest BCUT2D eigenvalue weighted by Gasteiger charge is 2.57. The molecular weight excluding hydrogens is 364 g/mol. The number of rotatable bonds is 9. The van der Waals surface area contributed by atoms with Crippen molar-refractivity contribution in [3.05, 3.63) is 0 Å². The quantitative estimate of drug-likeness (QED) is 0.338. The standard InChI is InChI=1S/C14H34O5SSi3/c1-22(2,3)18-13(19-23(4,5)6)14(17-10-8-12-21)9-7-11-20(14,15)16/h13H,7-12H2,1-6,21H3. The van der Waals surface area contributed by atoms with Crippen molar-refractivity contribution in [2.45, 2.75) is 75.8 Å². The molecule has 1 aliphatic rings. The van der Waals surface area contributed by atoms with Crippen LogP contribution in [0.2, 0.25) is 45.3 Å². The van der Waals surface area contributed by atoms with E-state index in [2.05, 4.69) is 39.3 Å². The second-order valence-electron chi connectivity index (χ2n) is 8.23. The summed E-state index contributed by atoms with van der Waals surface area (Å²) in [5, 5.41) is 0. The Balaban J connectivity index is 3.21. The predicted molar refractivity (Wildman–Crippen MR) is 104 cm³/mol. The monoisotopic (exact) mass is 398 g/mol. The van der Waals surface area contributed by atoms with Crippen molar-refractivity contribution in [2.75, 3.05) is 12.4 Å². The summed E-state index contributed by atoms with van der Waals surface area (Å²) in [6.45, 7) is 12.8. The highest BCUT2D eigenvalue weighted by Crippen LogP contribution is 2.40. The molecule has 0 bridgehead atoms. The van der Waals surface area contributed by atoms with E-state index in [1.54, 1.807) is 0 Å². The van der Waals surface area contributed by atoms with Gasteiger partial charge in [0, 0.05) is 16.8 Å². The molecule has 1 atom stereocenters. The molecule has 23 heavy (non-hydrogen) atoms. The molecular formula is C14H34O5SSi3. The maximum atomic E-state index is 12.8. The lowest BCUT2D eigenvalue weighted by atomic mass is 10.2. The van der Waals surface area contributed by atoms with E-state index in [9.17, 15) is 8.42 Å². The second-order valence-corrected chi connectivity index (χ2v) is 20.5. The normalized spacial score (nSPS) is 25.3. The zero-order valence-corrected chi connectivity index (χ0v) is 20.6. The van der Waals surface area contributed by atoms with E-state index in [0.29, 0.717) is 19.4 Å². The Labute approximate surface area is 147 Å². The van der Waals surface area contributed by atoms with Gasteiger partial charge in [-0.15, -0.1) is 0 Å². The number of hydrogen-bond acceptors (Lipinski definition) is 5. The average Bonchev–Trinajstić information content (AvgIpc) is 2.61. The summed E-state index contributed by atoms with van der Waals surface area (Å²) in [7, 11) is -6.26. The van der Waals surface area contributed by atoms with Crippen LogP contribution in [0.5, 0.6) is 0 Å². The number of ether oxygens (including phenoxy) is 1. The van der Waals surface area contributed by atoms with Crippen LogP contribution in [0.4, 0.5) is 0 Å². The van der Waals surface area contributed by atoms with E-state index in [4.69, 9.17) is 13.6 Å². The summed E-state index contributed by atoms with van der Waals surface area (Å²) in [4.78, 5) is -1.32. The Morgan fingerprint density at radius 1 is 1.09 bits per heavy atom. The SMILES string of the molecule is C[Si](C)(C)OC(O[Si](C)(C)C)C1(OCCC[SiH3])CCCS1(=O)=O. The van der Waals surface area contributed by atoms with Crippen LogP contribution in [-0.2, 0) is 23.4 Å². The lowest BCUT2D eigenvalue weighted by Gasteiger charge is -2.41. The summed E-state index contributed by atoms with van der Waals surface area (Å²) >= 11 is 0. The first-order chi connectivity index (χ1) is 10.3. The molecule has 1 rings (SSSR count). The lowest BCUT2D eigenvalue weighted by Crippen LogP contribution is -2.57. The number of hydrogen-bond donors (Lipinski definition) is 0. The zero-order chi connectivity index (χ0) is 17.9. The van der Waals surface area contributed by atoms with Crippen LogP contribution in [0.3, 0.4) is 0 Å². The third-order valence-corrected chi connectivity index (χ3v) is 8.53. The fourth-order valence-electron chi connectivity index (χ4n) is 2.57. The van der Waals surface area contributed by atoms with E-state index in [0.717, 1.165) is 22.7 Å². The molecule has 0 aromatic rings. The van der Waals surface area contributed by atoms with Gasteiger partial charge in [-0.05, 0) is 58.5 Å². The first kappa shape index (κ1) is 21.5. The molecule has 9 heteroatoms. The Kier molecular flexibility index (Phi) is 7.29. The van der Waals surface area contributed by atoms with Crippen LogP contribution >= 0.6 is 0 Å². The average molecular weight is 399 g/mol. The molecule has 1 saturated heterocycles. The molecule has 138 valence electrons. The van der Waals surface area contributed by atoms with Crippen molar-refractivity contribution in [1.82, 2.24) is 0 Å². The summed E-state index contributed by atoms with van der Waals surface area (Å²) in [5.41, 5.74) is 0. The minimum absolute atomic E-state index is 0.161. The maximum Gasteiger partial charge on any atom is 0.217 e. The van der Waals surface area contributed by atoms with Crippen LogP contribution in [0, 0.1) is 0 Å². The molecule has 0 saturated carbocycles. The first-order valence-electron chi connectivity index (χ1n) is 8.55. The van der Waals surface area contributed by atoms with Crippen LogP contribution in [-0.4, -0.2) is 58.9 Å². The Morgan fingerprint density at radius 2 is 1.61 bits per heavy atom. The van der Waals surface area contributed by atoms with Gasteiger partial charge >= 0.3 is 0 Å². The largest absolute Gasteiger partial charge is 0.391 e. The van der Waals surface area contributed by atoms with Gasteiger partial charge in [-0.2, -0.15) is 0 Å². The van der Waals surface area contributed by atoms with Gasteiger partial charge in [0.2, 0.25) is 4.93 Å². The van der Waals surface area contributed by atoms with E-state index in [-0.39, 0.29) is 5.75 Å². The summed E-state index contributed by atoms with van der Waals surface area (Å²) < 4.78 is 44.2. The molecule has 0 spiro atoms. The minimum Gasteiger partial charge on any atom is -0.391 e. The van der Waals surface area contributed by atoms with Gasteiger partial charge in [-0.3, -0.25) is 0 Å². The molecule has 1 fully saturated rings. The van der Waals surface area contributed by atoms with Crippen LogP contribution in [0.15, 0.2) is 0 Å². The summed E-state index contributed by atoms with van der Waals surface area (Å²) in [6.07, 6.45) is 1.18. The van der Waals surface area contributed by atoms with Crippen LogP contribution in [0.25, 0.3) is 0 Å². The van der Waals surface area contributed by atoms with Crippen molar-refractivity contribution in [2.24, 2.45) is 0 Å². The van der Waals surface area contributed by atoms with Gasteiger partial charge in [0.25, 0.3) is 0 Å². The van der Waals surface area contributed by atoms with Gasteiger partial charge < -0.3 is 13.6 Å². The third-order valence-electron chi connectivity index (χ3n) is 3.59. The molecule has 0 radical (unpaired) electrons. The van der Waals surface area contributed by atoms with E-state index >= 15 is 0 Å². The smallest absolute Gasteiger partial charge is 0.217 e. The highest BCUT2D eigenvalue weighted by molar-refractivity contribution is 7.92. The van der Waals surface area contributed by atoms with E-state index in [1.165, 1.54) is 0 Å². The molecule has 1 heterocycles. The minimum atomic E-state index is -3.39. The number of sulfone groups is 1. The molecule has 0 aliphatic carbocycles. The highest BCUT2D eigenvalue weighted by atomic mass is 32.2. The molecule has 0 amide bonds. The molecule has 0 aromatic heterocycles. The molecule has 1 unspecified atom stereocenters. The lowest BCUT2D eigenvalue weighted by molar-refractivity contribution is -0.147. The van der Waals surface area contributed by atoms with E-state index in [1.807, 2.05) is 0 Å². The van der Waals surface area contributed by atoms with E-state index < -0.39 is 37.7 Å². The maximum absolute atomic E-state index is 12.8. The summed E-state index contributed by atoms with van der Waals surface area (Å²) in [5.74, 6) is 0.161. The molecule has 0 aromatic carbocycles. The fourth-order valence-corrected chi connectivity index (χ4v) is 6.86. The Hall–Kier alpha value is 0.481. The van der Waals surface area contributed by atoms with Crippen molar-refractivity contribution in [3.63, 3.8) is 0 Å². The Morgan fingerprint density at radius 3 is 1.96 bits per heavy atom. The predicted octanol–water partition coefficient (Wildman–Crippen LogP) is 2.11. The van der Waals surface area contributed by atoms with Crippen molar-refractivity contribution < 1.29 is 22.0 Å².